The van der Waals surface area contributed by atoms with E-state index in [1.807, 2.05) is 6.92 Å². The standard InChI is InChI=1S/C11H17NO3S2/c1-8(10-3-4-10)12(2)17(14,15)11-5-9(6-13)7-16-11/h5,7-8,10,13H,3-4,6H2,1-2H3. The van der Waals surface area contributed by atoms with Crippen LogP contribution in [0, 0.1) is 5.92 Å². The molecule has 1 aromatic rings. The average Bonchev–Trinajstić information content (AvgIpc) is 3.04. The van der Waals surface area contributed by atoms with E-state index < -0.39 is 10.0 Å². The third-order valence-corrected chi connectivity index (χ3v) is 6.73. The van der Waals surface area contributed by atoms with Gasteiger partial charge in [-0.05, 0) is 42.7 Å². The molecule has 0 aliphatic heterocycles. The molecule has 1 unspecified atom stereocenters. The van der Waals surface area contributed by atoms with Crippen molar-refractivity contribution in [3.63, 3.8) is 0 Å². The molecular weight excluding hydrogens is 258 g/mol. The molecular formula is C11H17NO3S2. The van der Waals surface area contributed by atoms with Gasteiger partial charge in [0.25, 0.3) is 10.0 Å². The van der Waals surface area contributed by atoms with Gasteiger partial charge < -0.3 is 5.11 Å². The van der Waals surface area contributed by atoms with E-state index in [4.69, 9.17) is 5.11 Å². The number of aliphatic hydroxyl groups excluding tert-OH is 1. The normalized spacial score (nSPS) is 18.6. The lowest BCUT2D eigenvalue weighted by Gasteiger charge is -2.23. The fourth-order valence-corrected chi connectivity index (χ4v) is 4.61. The van der Waals surface area contributed by atoms with Gasteiger partial charge in [0.15, 0.2) is 0 Å². The molecule has 1 N–H and O–H groups in total. The van der Waals surface area contributed by atoms with Gasteiger partial charge in [-0.3, -0.25) is 0 Å². The molecule has 1 heterocycles. The quantitative estimate of drug-likeness (QED) is 0.889. The molecule has 0 amide bonds. The zero-order chi connectivity index (χ0) is 12.6. The number of hydrogen-bond acceptors (Lipinski definition) is 4. The van der Waals surface area contributed by atoms with E-state index in [0.29, 0.717) is 15.7 Å². The topological polar surface area (TPSA) is 57.6 Å². The Balaban J connectivity index is 2.22. The molecule has 1 fully saturated rings. The SMILES string of the molecule is CC(C1CC1)N(C)S(=O)(=O)c1cc(CO)cs1. The van der Waals surface area contributed by atoms with Gasteiger partial charge in [0.2, 0.25) is 0 Å². The Labute approximate surface area is 106 Å². The van der Waals surface area contributed by atoms with Crippen LogP contribution < -0.4 is 0 Å². The minimum Gasteiger partial charge on any atom is -0.392 e. The van der Waals surface area contributed by atoms with Gasteiger partial charge in [0.05, 0.1) is 6.61 Å². The van der Waals surface area contributed by atoms with Gasteiger partial charge >= 0.3 is 0 Å². The lowest BCUT2D eigenvalue weighted by atomic mass is 10.2. The van der Waals surface area contributed by atoms with Crippen LogP contribution >= 0.6 is 11.3 Å². The first kappa shape index (κ1) is 13.0. The van der Waals surface area contributed by atoms with Gasteiger partial charge in [0, 0.05) is 13.1 Å². The predicted molar refractivity (Wildman–Crippen MR) is 67.4 cm³/mol. The van der Waals surface area contributed by atoms with Gasteiger partial charge in [-0.2, -0.15) is 4.31 Å². The summed E-state index contributed by atoms with van der Waals surface area (Å²) in [5.41, 5.74) is 0.654. The molecule has 0 saturated heterocycles. The maximum atomic E-state index is 12.3. The van der Waals surface area contributed by atoms with Crippen molar-refractivity contribution < 1.29 is 13.5 Å². The second kappa shape index (κ2) is 4.68. The van der Waals surface area contributed by atoms with Crippen LogP contribution in [0.3, 0.4) is 0 Å². The Morgan fingerprint density at radius 3 is 2.71 bits per heavy atom. The van der Waals surface area contributed by atoms with E-state index in [1.165, 1.54) is 15.6 Å². The second-order valence-electron chi connectivity index (χ2n) is 4.53. The number of rotatable bonds is 5. The lowest BCUT2D eigenvalue weighted by Crippen LogP contribution is -2.36. The molecule has 1 atom stereocenters. The van der Waals surface area contributed by atoms with Crippen LogP contribution in [0.25, 0.3) is 0 Å². The van der Waals surface area contributed by atoms with E-state index in [2.05, 4.69) is 0 Å². The number of hydrogen-bond donors (Lipinski definition) is 1. The Morgan fingerprint density at radius 1 is 1.59 bits per heavy atom. The summed E-state index contributed by atoms with van der Waals surface area (Å²) in [5, 5.41) is 10.6. The van der Waals surface area contributed by atoms with Crippen molar-refractivity contribution in [2.24, 2.45) is 5.92 Å². The fourth-order valence-electron chi connectivity index (χ4n) is 1.81. The van der Waals surface area contributed by atoms with Crippen LogP contribution in [0.1, 0.15) is 25.3 Å². The Hall–Kier alpha value is -0.430. The first-order valence-corrected chi connectivity index (χ1v) is 7.95. The van der Waals surface area contributed by atoms with Crippen LogP contribution in [0.5, 0.6) is 0 Å². The molecule has 0 bridgehead atoms. The molecule has 1 saturated carbocycles. The summed E-state index contributed by atoms with van der Waals surface area (Å²) in [4.78, 5) is 0. The molecule has 6 heteroatoms. The van der Waals surface area contributed by atoms with Crippen LogP contribution in [0.4, 0.5) is 0 Å². The summed E-state index contributed by atoms with van der Waals surface area (Å²) >= 11 is 1.17. The summed E-state index contributed by atoms with van der Waals surface area (Å²) in [6.07, 6.45) is 2.24. The summed E-state index contributed by atoms with van der Waals surface area (Å²) in [6.45, 7) is 1.84. The molecule has 96 valence electrons. The molecule has 0 aromatic carbocycles. The molecule has 4 nitrogen and oxygen atoms in total. The third kappa shape index (κ3) is 2.54. The van der Waals surface area contributed by atoms with Crippen LogP contribution in [0.15, 0.2) is 15.7 Å². The van der Waals surface area contributed by atoms with E-state index >= 15 is 0 Å². The highest BCUT2D eigenvalue weighted by atomic mass is 32.2. The number of thiophene rings is 1. The summed E-state index contributed by atoms with van der Waals surface area (Å²) in [6, 6.07) is 1.61. The minimum atomic E-state index is -3.39. The highest BCUT2D eigenvalue weighted by Gasteiger charge is 2.36. The molecule has 2 rings (SSSR count). The van der Waals surface area contributed by atoms with Crippen molar-refractivity contribution in [1.82, 2.24) is 4.31 Å². The van der Waals surface area contributed by atoms with E-state index in [0.717, 1.165) is 12.8 Å². The van der Waals surface area contributed by atoms with Gasteiger partial charge in [-0.1, -0.05) is 0 Å². The molecule has 0 spiro atoms. The Kier molecular flexibility index (Phi) is 3.58. The monoisotopic (exact) mass is 275 g/mol. The van der Waals surface area contributed by atoms with Crippen molar-refractivity contribution in [1.29, 1.82) is 0 Å². The van der Waals surface area contributed by atoms with Gasteiger partial charge in [0.1, 0.15) is 4.21 Å². The predicted octanol–water partition coefficient (Wildman–Crippen LogP) is 1.66. The highest BCUT2D eigenvalue weighted by Crippen LogP contribution is 2.37. The van der Waals surface area contributed by atoms with Gasteiger partial charge in [-0.15, -0.1) is 11.3 Å². The molecule has 0 radical (unpaired) electrons. The second-order valence-corrected chi connectivity index (χ2v) is 7.67. The lowest BCUT2D eigenvalue weighted by molar-refractivity contribution is 0.282. The van der Waals surface area contributed by atoms with E-state index in [9.17, 15) is 8.42 Å². The van der Waals surface area contributed by atoms with Crippen molar-refractivity contribution >= 4 is 21.4 Å². The van der Waals surface area contributed by atoms with Crippen LogP contribution in [-0.2, 0) is 16.6 Å². The molecule has 1 aromatic heterocycles. The van der Waals surface area contributed by atoms with Crippen molar-refractivity contribution in [2.75, 3.05) is 7.05 Å². The van der Waals surface area contributed by atoms with Crippen LogP contribution in [0.2, 0.25) is 0 Å². The zero-order valence-electron chi connectivity index (χ0n) is 9.96. The van der Waals surface area contributed by atoms with Gasteiger partial charge in [-0.25, -0.2) is 8.42 Å². The van der Waals surface area contributed by atoms with E-state index in [-0.39, 0.29) is 12.6 Å². The number of aliphatic hydroxyl groups is 1. The average molecular weight is 275 g/mol. The van der Waals surface area contributed by atoms with Crippen molar-refractivity contribution in [2.45, 2.75) is 36.6 Å². The first-order valence-electron chi connectivity index (χ1n) is 5.63. The number of nitrogens with zero attached hydrogens (tertiary/aromatic N) is 1. The zero-order valence-corrected chi connectivity index (χ0v) is 11.6. The first-order chi connectivity index (χ1) is 7.96. The van der Waals surface area contributed by atoms with Crippen molar-refractivity contribution in [3.8, 4) is 0 Å². The minimum absolute atomic E-state index is 0.0553. The fraction of sp³-hybridized carbons (Fsp3) is 0.636. The number of sulfonamides is 1. The Morgan fingerprint density at radius 2 is 2.24 bits per heavy atom. The maximum Gasteiger partial charge on any atom is 0.252 e. The molecule has 1 aliphatic rings. The highest BCUT2D eigenvalue weighted by molar-refractivity contribution is 7.91. The summed E-state index contributed by atoms with van der Waals surface area (Å²) in [7, 11) is -1.76. The maximum absolute atomic E-state index is 12.3. The van der Waals surface area contributed by atoms with E-state index in [1.54, 1.807) is 18.5 Å². The van der Waals surface area contributed by atoms with Crippen LogP contribution in [-0.4, -0.2) is 30.9 Å². The third-order valence-electron chi connectivity index (χ3n) is 3.32. The molecule has 1 aliphatic carbocycles. The summed E-state index contributed by atoms with van der Waals surface area (Å²) < 4.78 is 26.4. The van der Waals surface area contributed by atoms with Crippen molar-refractivity contribution in [3.05, 3.63) is 17.0 Å². The Bertz CT molecular complexity index is 491. The summed E-state index contributed by atoms with van der Waals surface area (Å²) in [5.74, 6) is 0.507. The molecule has 17 heavy (non-hydrogen) atoms. The smallest absolute Gasteiger partial charge is 0.252 e. The largest absolute Gasteiger partial charge is 0.392 e.